The van der Waals surface area contributed by atoms with Crippen molar-refractivity contribution in [2.24, 2.45) is 0 Å². The van der Waals surface area contributed by atoms with Gasteiger partial charge in [0.15, 0.2) is 5.69 Å². The Morgan fingerprint density at radius 2 is 2.16 bits per heavy atom. The van der Waals surface area contributed by atoms with Gasteiger partial charge in [0.2, 0.25) is 5.88 Å². The van der Waals surface area contributed by atoms with Gasteiger partial charge in [0.05, 0.1) is 24.9 Å². The number of aryl methyl sites for hydroxylation is 1. The molecule has 32 heavy (non-hydrogen) atoms. The minimum absolute atomic E-state index is 0.0292. The first-order valence-corrected chi connectivity index (χ1v) is 10.9. The highest BCUT2D eigenvalue weighted by Gasteiger charge is 2.42. The Kier molecular flexibility index (Phi) is 5.60. The van der Waals surface area contributed by atoms with Crippen LogP contribution in [0.4, 0.5) is 0 Å². The molecule has 1 spiro atoms. The molecule has 0 bridgehead atoms. The highest BCUT2D eigenvalue weighted by atomic mass is 16.5. The number of amides is 1. The second-order valence-electron chi connectivity index (χ2n) is 8.37. The number of carbonyl (C=O) groups excluding carboxylic acids is 1. The van der Waals surface area contributed by atoms with E-state index in [4.69, 9.17) is 14.0 Å². The van der Waals surface area contributed by atoms with Crippen molar-refractivity contribution in [2.75, 3.05) is 19.7 Å². The minimum atomic E-state index is -0.278. The fourth-order valence-electron chi connectivity index (χ4n) is 4.52. The lowest BCUT2D eigenvalue weighted by atomic mass is 9.83. The molecule has 0 aromatic carbocycles. The number of piperidine rings is 1. The summed E-state index contributed by atoms with van der Waals surface area (Å²) in [5, 5.41) is 8.29. The summed E-state index contributed by atoms with van der Waals surface area (Å²) in [5.41, 5.74) is 0.854. The van der Waals surface area contributed by atoms with Crippen LogP contribution in [0.25, 0.3) is 0 Å². The number of nitrogens with zero attached hydrogens (tertiary/aromatic N) is 6. The highest BCUT2D eigenvalue weighted by Crippen LogP contribution is 2.36. The van der Waals surface area contributed by atoms with Crippen LogP contribution >= 0.6 is 0 Å². The van der Waals surface area contributed by atoms with Crippen molar-refractivity contribution >= 4 is 5.91 Å². The van der Waals surface area contributed by atoms with Crippen molar-refractivity contribution < 1.29 is 18.8 Å². The van der Waals surface area contributed by atoms with E-state index in [1.165, 1.54) is 0 Å². The van der Waals surface area contributed by atoms with Gasteiger partial charge in [-0.15, -0.1) is 0 Å². The van der Waals surface area contributed by atoms with Gasteiger partial charge in [-0.25, -0.2) is 4.98 Å². The molecule has 1 amide bonds. The zero-order valence-corrected chi connectivity index (χ0v) is 18.0. The normalized spacial score (nSPS) is 20.4. The molecule has 168 valence electrons. The molecule has 0 radical (unpaired) electrons. The molecule has 0 saturated carbocycles. The van der Waals surface area contributed by atoms with Gasteiger partial charge in [0.1, 0.15) is 11.9 Å². The molecule has 10 nitrogen and oxygen atoms in total. The van der Waals surface area contributed by atoms with Crippen LogP contribution in [-0.4, -0.2) is 67.1 Å². The molecule has 3 aromatic rings. The lowest BCUT2D eigenvalue weighted by Crippen LogP contribution is -2.52. The fraction of sp³-hybridized carbons (Fsp3) is 0.500. The molecule has 10 heteroatoms. The maximum Gasteiger partial charge on any atom is 0.276 e. The Bertz CT molecular complexity index is 1040. The molecule has 0 N–H and O–H groups in total. The van der Waals surface area contributed by atoms with E-state index >= 15 is 0 Å². The van der Waals surface area contributed by atoms with E-state index in [-0.39, 0.29) is 17.6 Å². The van der Waals surface area contributed by atoms with Crippen LogP contribution in [-0.2, 0) is 11.3 Å². The number of carbonyl (C=O) groups is 1. The Balaban J connectivity index is 1.22. The van der Waals surface area contributed by atoms with Crippen molar-refractivity contribution in [3.63, 3.8) is 0 Å². The predicted molar refractivity (Wildman–Crippen MR) is 112 cm³/mol. The zero-order chi connectivity index (χ0) is 22.0. The Labute approximate surface area is 185 Å². The average Bonchev–Trinajstić information content (AvgIpc) is 3.45. The van der Waals surface area contributed by atoms with Crippen molar-refractivity contribution in [1.29, 1.82) is 0 Å². The minimum Gasteiger partial charge on any atom is -0.473 e. The summed E-state index contributed by atoms with van der Waals surface area (Å²) in [4.78, 5) is 23.3. The van der Waals surface area contributed by atoms with Crippen LogP contribution in [0.3, 0.4) is 0 Å². The van der Waals surface area contributed by atoms with Gasteiger partial charge in [-0.1, -0.05) is 5.16 Å². The fourth-order valence-corrected chi connectivity index (χ4v) is 4.52. The molecule has 5 rings (SSSR count). The van der Waals surface area contributed by atoms with Gasteiger partial charge in [-0.3, -0.25) is 14.5 Å². The molecule has 2 aliphatic heterocycles. The van der Waals surface area contributed by atoms with Gasteiger partial charge in [0, 0.05) is 56.3 Å². The molecule has 5 heterocycles. The zero-order valence-electron chi connectivity index (χ0n) is 18.0. The van der Waals surface area contributed by atoms with Crippen LogP contribution in [0.15, 0.2) is 41.6 Å². The van der Waals surface area contributed by atoms with Gasteiger partial charge < -0.3 is 18.9 Å². The summed E-state index contributed by atoms with van der Waals surface area (Å²) in [6.07, 6.45) is 11.6. The second kappa shape index (κ2) is 8.70. The molecule has 2 fully saturated rings. The monoisotopic (exact) mass is 438 g/mol. The Morgan fingerprint density at radius 3 is 2.91 bits per heavy atom. The maximum absolute atomic E-state index is 13.2. The van der Waals surface area contributed by atoms with E-state index in [9.17, 15) is 4.79 Å². The Morgan fingerprint density at radius 1 is 1.28 bits per heavy atom. The van der Waals surface area contributed by atoms with Crippen LogP contribution in [0, 0.1) is 6.92 Å². The van der Waals surface area contributed by atoms with Crippen LogP contribution < -0.4 is 4.74 Å². The van der Waals surface area contributed by atoms with E-state index in [1.807, 2.05) is 24.1 Å². The number of hydrogen-bond acceptors (Lipinski definition) is 8. The predicted octanol–water partition coefficient (Wildman–Crippen LogP) is 2.25. The molecule has 3 aromatic heterocycles. The summed E-state index contributed by atoms with van der Waals surface area (Å²) in [6.45, 7) is 4.11. The third-order valence-electron chi connectivity index (χ3n) is 6.30. The summed E-state index contributed by atoms with van der Waals surface area (Å²) in [7, 11) is 0. The van der Waals surface area contributed by atoms with Crippen molar-refractivity contribution in [3.8, 4) is 5.88 Å². The first-order chi connectivity index (χ1) is 15.6. The van der Waals surface area contributed by atoms with Crippen LogP contribution in [0.1, 0.15) is 47.5 Å². The molecule has 1 unspecified atom stereocenters. The standard InChI is InChI=1S/C22H26N6O4/c1-16-18(15-28-9-2-6-25-28)20(26-32-16)21(29)27-10-4-22(5-11-27)13-17(3-12-30-22)31-19-14-23-7-8-24-19/h2,6-9,14,17H,3-5,10-13,15H2,1H3. The number of ether oxygens (including phenoxy) is 2. The van der Waals surface area contributed by atoms with Crippen molar-refractivity contribution in [3.05, 3.63) is 54.1 Å². The van der Waals surface area contributed by atoms with E-state index in [1.54, 1.807) is 29.5 Å². The largest absolute Gasteiger partial charge is 0.473 e. The molecule has 1 atom stereocenters. The SMILES string of the molecule is Cc1onc(C(=O)N2CCC3(CC2)CC(Oc2cnccn2)CCO3)c1Cn1cccn1. The van der Waals surface area contributed by atoms with Crippen LogP contribution in [0.5, 0.6) is 5.88 Å². The van der Waals surface area contributed by atoms with E-state index in [2.05, 4.69) is 20.2 Å². The van der Waals surface area contributed by atoms with E-state index < -0.39 is 0 Å². The number of rotatable bonds is 5. The van der Waals surface area contributed by atoms with Gasteiger partial charge in [-0.2, -0.15) is 5.10 Å². The van der Waals surface area contributed by atoms with Crippen LogP contribution in [0.2, 0.25) is 0 Å². The third-order valence-corrected chi connectivity index (χ3v) is 6.30. The van der Waals surface area contributed by atoms with E-state index in [0.29, 0.717) is 43.6 Å². The average molecular weight is 438 g/mol. The number of aromatic nitrogens is 5. The Hall–Kier alpha value is -3.27. The topological polar surface area (TPSA) is 108 Å². The molecular weight excluding hydrogens is 412 g/mol. The first kappa shape index (κ1) is 20.6. The van der Waals surface area contributed by atoms with Crippen molar-refractivity contribution in [2.45, 2.75) is 50.9 Å². The molecular formula is C22H26N6O4. The molecule has 0 aliphatic carbocycles. The van der Waals surface area contributed by atoms with E-state index in [0.717, 1.165) is 31.2 Å². The molecule has 2 saturated heterocycles. The summed E-state index contributed by atoms with van der Waals surface area (Å²) in [5.74, 6) is 1.06. The number of likely N-dealkylation sites (tertiary alicyclic amines) is 1. The smallest absolute Gasteiger partial charge is 0.276 e. The van der Waals surface area contributed by atoms with Gasteiger partial charge >= 0.3 is 0 Å². The number of hydrogen-bond donors (Lipinski definition) is 0. The first-order valence-electron chi connectivity index (χ1n) is 10.9. The van der Waals surface area contributed by atoms with Gasteiger partial charge in [0.25, 0.3) is 5.91 Å². The summed E-state index contributed by atoms with van der Waals surface area (Å²) >= 11 is 0. The van der Waals surface area contributed by atoms with Crippen molar-refractivity contribution in [1.82, 2.24) is 29.8 Å². The summed E-state index contributed by atoms with van der Waals surface area (Å²) in [6, 6.07) is 1.85. The molecule has 2 aliphatic rings. The lowest BCUT2D eigenvalue weighted by molar-refractivity contribution is -0.135. The lowest BCUT2D eigenvalue weighted by Gasteiger charge is -2.45. The summed E-state index contributed by atoms with van der Waals surface area (Å²) < 4.78 is 19.3. The third kappa shape index (κ3) is 4.22. The highest BCUT2D eigenvalue weighted by molar-refractivity contribution is 5.93. The quantitative estimate of drug-likeness (QED) is 0.597. The second-order valence-corrected chi connectivity index (χ2v) is 8.37. The maximum atomic E-state index is 13.2. The van der Waals surface area contributed by atoms with Gasteiger partial charge in [-0.05, 0) is 25.8 Å².